The van der Waals surface area contributed by atoms with E-state index >= 15 is 0 Å². The van der Waals surface area contributed by atoms with Gasteiger partial charge in [0.05, 0.1) is 0 Å². The van der Waals surface area contributed by atoms with Crippen LogP contribution in [0, 0.1) is 0 Å². The fraction of sp³-hybridized carbons (Fsp3) is 0. The third kappa shape index (κ3) is 4.13. The molecule has 7 nitrogen and oxygen atoms in total. The van der Waals surface area contributed by atoms with Gasteiger partial charge in [-0.3, -0.25) is 9.59 Å². The van der Waals surface area contributed by atoms with Gasteiger partial charge in [-0.1, -0.05) is 6.07 Å². The predicted molar refractivity (Wildman–Crippen MR) is 75.9 cm³/mol. The summed E-state index contributed by atoms with van der Waals surface area (Å²) in [6.07, 6.45) is 3.80. The molecular formula is C14H11N3O4. The lowest BCUT2D eigenvalue weighted by atomic mass is 10.2. The SMILES string of the molecule is O=C(O)/C=C/c1ccnc(NC(=O)c2cccc(=O)[nH]2)c1. The highest BCUT2D eigenvalue weighted by Crippen LogP contribution is 2.09. The number of aromatic amines is 1. The Bertz CT molecular complexity index is 765. The van der Waals surface area contributed by atoms with Crippen LogP contribution in [0.1, 0.15) is 16.1 Å². The maximum atomic E-state index is 11.9. The molecule has 1 amide bonds. The summed E-state index contributed by atoms with van der Waals surface area (Å²) in [4.78, 5) is 39.8. The van der Waals surface area contributed by atoms with Gasteiger partial charge < -0.3 is 15.4 Å². The van der Waals surface area contributed by atoms with E-state index in [1.807, 2.05) is 0 Å². The van der Waals surface area contributed by atoms with E-state index < -0.39 is 11.9 Å². The summed E-state index contributed by atoms with van der Waals surface area (Å²) in [6.45, 7) is 0. The Morgan fingerprint density at radius 3 is 2.81 bits per heavy atom. The number of nitrogens with zero attached hydrogens (tertiary/aromatic N) is 1. The van der Waals surface area contributed by atoms with Crippen molar-refractivity contribution in [1.82, 2.24) is 9.97 Å². The summed E-state index contributed by atoms with van der Waals surface area (Å²) < 4.78 is 0. The molecule has 0 saturated carbocycles. The molecule has 0 aliphatic carbocycles. The summed E-state index contributed by atoms with van der Waals surface area (Å²) in [5.41, 5.74) is 0.300. The summed E-state index contributed by atoms with van der Waals surface area (Å²) in [6, 6.07) is 7.34. The molecule has 2 aromatic rings. The van der Waals surface area contributed by atoms with Crippen molar-refractivity contribution in [3.05, 3.63) is 64.2 Å². The number of rotatable bonds is 4. The Hall–Kier alpha value is -3.22. The topological polar surface area (TPSA) is 112 Å². The normalized spacial score (nSPS) is 10.5. The number of H-pyrrole nitrogens is 1. The first-order valence-electron chi connectivity index (χ1n) is 5.92. The number of amides is 1. The summed E-state index contributed by atoms with van der Waals surface area (Å²) in [7, 11) is 0. The number of anilines is 1. The van der Waals surface area contributed by atoms with Crippen LogP contribution in [0.3, 0.4) is 0 Å². The van der Waals surface area contributed by atoms with Crippen LogP contribution < -0.4 is 10.9 Å². The molecule has 0 atom stereocenters. The first kappa shape index (κ1) is 14.2. The van der Waals surface area contributed by atoms with Gasteiger partial charge in [0.1, 0.15) is 11.5 Å². The van der Waals surface area contributed by atoms with Crippen LogP contribution in [0.25, 0.3) is 6.08 Å². The first-order chi connectivity index (χ1) is 10.0. The molecule has 2 rings (SSSR count). The van der Waals surface area contributed by atoms with Crippen molar-refractivity contribution >= 4 is 23.8 Å². The van der Waals surface area contributed by atoms with E-state index in [1.54, 1.807) is 6.07 Å². The minimum absolute atomic E-state index is 0.107. The molecule has 7 heteroatoms. The molecule has 21 heavy (non-hydrogen) atoms. The van der Waals surface area contributed by atoms with Gasteiger partial charge in [-0.05, 0) is 29.8 Å². The lowest BCUT2D eigenvalue weighted by Gasteiger charge is -2.04. The number of carbonyl (C=O) groups excluding carboxylic acids is 1. The average molecular weight is 285 g/mol. The molecule has 0 unspecified atom stereocenters. The number of hydrogen-bond acceptors (Lipinski definition) is 4. The van der Waals surface area contributed by atoms with Crippen LogP contribution in [0.15, 0.2) is 47.4 Å². The maximum absolute atomic E-state index is 11.9. The van der Waals surface area contributed by atoms with Gasteiger partial charge in [0, 0.05) is 18.3 Å². The van der Waals surface area contributed by atoms with E-state index in [0.29, 0.717) is 5.56 Å². The molecule has 0 fully saturated rings. The van der Waals surface area contributed by atoms with Gasteiger partial charge >= 0.3 is 5.97 Å². The number of aliphatic carboxylic acids is 1. The standard InChI is InChI=1S/C14H11N3O4/c18-12-3-1-2-10(16-12)14(21)17-11-8-9(6-7-15-11)4-5-13(19)20/h1-8H,(H,16,18)(H,19,20)(H,15,17,21)/b5-4+. The highest BCUT2D eigenvalue weighted by molar-refractivity contribution is 6.02. The van der Waals surface area contributed by atoms with Crippen molar-refractivity contribution in [3.63, 3.8) is 0 Å². The fourth-order valence-corrected chi connectivity index (χ4v) is 1.55. The number of pyridine rings is 2. The molecule has 0 aromatic carbocycles. The third-order valence-electron chi connectivity index (χ3n) is 2.46. The lowest BCUT2D eigenvalue weighted by Crippen LogP contribution is -2.18. The Kier molecular flexibility index (Phi) is 4.25. The van der Waals surface area contributed by atoms with Crippen LogP contribution in [-0.4, -0.2) is 27.0 Å². The van der Waals surface area contributed by atoms with Crippen molar-refractivity contribution in [2.45, 2.75) is 0 Å². The molecule has 0 radical (unpaired) electrons. The van der Waals surface area contributed by atoms with E-state index in [9.17, 15) is 14.4 Å². The highest BCUT2D eigenvalue weighted by Gasteiger charge is 2.07. The van der Waals surface area contributed by atoms with Crippen LogP contribution in [0.5, 0.6) is 0 Å². The zero-order valence-corrected chi connectivity index (χ0v) is 10.7. The quantitative estimate of drug-likeness (QED) is 0.729. The summed E-state index contributed by atoms with van der Waals surface area (Å²) >= 11 is 0. The smallest absolute Gasteiger partial charge is 0.328 e. The van der Waals surface area contributed by atoms with Crippen LogP contribution in [0.4, 0.5) is 5.82 Å². The van der Waals surface area contributed by atoms with Gasteiger partial charge in [-0.2, -0.15) is 0 Å². The molecule has 0 saturated heterocycles. The molecule has 2 aromatic heterocycles. The molecule has 106 valence electrons. The molecular weight excluding hydrogens is 274 g/mol. The van der Waals surface area contributed by atoms with E-state index in [0.717, 1.165) is 6.08 Å². The minimum atomic E-state index is -1.07. The summed E-state index contributed by atoms with van der Waals surface area (Å²) in [5, 5.41) is 11.1. The molecule has 0 aliphatic rings. The Balaban J connectivity index is 2.16. The van der Waals surface area contributed by atoms with Crippen LogP contribution in [0.2, 0.25) is 0 Å². The van der Waals surface area contributed by atoms with Crippen LogP contribution >= 0.6 is 0 Å². The largest absolute Gasteiger partial charge is 0.478 e. The number of carboxylic acids is 1. The van der Waals surface area contributed by atoms with E-state index in [-0.39, 0.29) is 17.1 Å². The number of carboxylic acid groups (broad SMARTS) is 1. The maximum Gasteiger partial charge on any atom is 0.328 e. The van der Waals surface area contributed by atoms with E-state index in [4.69, 9.17) is 5.11 Å². The Morgan fingerprint density at radius 1 is 1.29 bits per heavy atom. The molecule has 3 N–H and O–H groups in total. The van der Waals surface area contributed by atoms with Crippen molar-refractivity contribution in [3.8, 4) is 0 Å². The average Bonchev–Trinajstić information content (AvgIpc) is 2.45. The van der Waals surface area contributed by atoms with Gasteiger partial charge in [0.15, 0.2) is 0 Å². The second-order valence-corrected chi connectivity index (χ2v) is 4.03. The fourth-order valence-electron chi connectivity index (χ4n) is 1.55. The Labute approximate surface area is 119 Å². The second kappa shape index (κ2) is 6.29. The summed E-state index contributed by atoms with van der Waals surface area (Å²) in [5.74, 6) is -1.34. The lowest BCUT2D eigenvalue weighted by molar-refractivity contribution is -0.131. The Morgan fingerprint density at radius 2 is 2.10 bits per heavy atom. The minimum Gasteiger partial charge on any atom is -0.478 e. The van der Waals surface area contributed by atoms with Crippen LogP contribution in [-0.2, 0) is 4.79 Å². The number of nitrogens with one attached hydrogen (secondary N) is 2. The van der Waals surface area contributed by atoms with Gasteiger partial charge in [-0.25, -0.2) is 9.78 Å². The number of carbonyl (C=O) groups is 2. The molecule has 0 bridgehead atoms. The van der Waals surface area contributed by atoms with Crippen molar-refractivity contribution < 1.29 is 14.7 Å². The van der Waals surface area contributed by atoms with Gasteiger partial charge in [0.25, 0.3) is 5.91 Å². The highest BCUT2D eigenvalue weighted by atomic mass is 16.4. The van der Waals surface area contributed by atoms with Gasteiger partial charge in [-0.15, -0.1) is 0 Å². The van der Waals surface area contributed by atoms with Gasteiger partial charge in [0.2, 0.25) is 5.56 Å². The zero-order chi connectivity index (χ0) is 15.2. The van der Waals surface area contributed by atoms with Crippen molar-refractivity contribution in [2.24, 2.45) is 0 Å². The third-order valence-corrected chi connectivity index (χ3v) is 2.46. The van der Waals surface area contributed by atoms with E-state index in [1.165, 1.54) is 36.5 Å². The monoisotopic (exact) mass is 285 g/mol. The van der Waals surface area contributed by atoms with Crippen molar-refractivity contribution in [1.29, 1.82) is 0 Å². The van der Waals surface area contributed by atoms with Crippen molar-refractivity contribution in [2.75, 3.05) is 5.32 Å². The number of hydrogen-bond donors (Lipinski definition) is 3. The molecule has 0 spiro atoms. The predicted octanol–water partition coefficient (Wildman–Crippen LogP) is 1.12. The number of aromatic nitrogens is 2. The first-order valence-corrected chi connectivity index (χ1v) is 5.92. The molecule has 0 aliphatic heterocycles. The zero-order valence-electron chi connectivity index (χ0n) is 10.7. The molecule has 2 heterocycles. The van der Waals surface area contributed by atoms with E-state index in [2.05, 4.69) is 15.3 Å². The second-order valence-electron chi connectivity index (χ2n) is 4.03.